The van der Waals surface area contributed by atoms with Crippen LogP contribution in [0.25, 0.3) is 0 Å². The summed E-state index contributed by atoms with van der Waals surface area (Å²) in [6.45, 7) is 6.17. The van der Waals surface area contributed by atoms with Crippen LogP contribution in [-0.4, -0.2) is 39.9 Å². The molecule has 1 aromatic rings. The molecule has 0 spiro atoms. The van der Waals surface area contributed by atoms with E-state index in [4.69, 9.17) is 0 Å². The van der Waals surface area contributed by atoms with Gasteiger partial charge in [-0.1, -0.05) is 6.92 Å². The number of likely N-dealkylation sites (tertiary alicyclic amines) is 1. The Bertz CT molecular complexity index is 529. The highest BCUT2D eigenvalue weighted by Crippen LogP contribution is 2.34. The Morgan fingerprint density at radius 2 is 2.33 bits per heavy atom. The van der Waals surface area contributed by atoms with Gasteiger partial charge in [0.15, 0.2) is 0 Å². The van der Waals surface area contributed by atoms with Gasteiger partial charge in [-0.2, -0.15) is 0 Å². The van der Waals surface area contributed by atoms with Crippen molar-refractivity contribution in [2.45, 2.75) is 52.0 Å². The zero-order chi connectivity index (χ0) is 14.8. The van der Waals surface area contributed by atoms with Gasteiger partial charge in [-0.05, 0) is 56.7 Å². The van der Waals surface area contributed by atoms with E-state index in [1.54, 1.807) is 0 Å². The fraction of sp³-hybridized carbons (Fsp3) is 0.688. The number of hydrogen-bond acceptors (Lipinski definition) is 4. The van der Waals surface area contributed by atoms with Crippen molar-refractivity contribution in [1.82, 2.24) is 14.9 Å². The standard InChI is InChI=1S/C16H24N4O/c1-3-6-20-7-4-5-12-8-14-13(9-15(12)20)10-17-16(19-14)18-11(2)21/h10,12,15H,3-9H2,1-2H3,(H,17,18,19,21). The highest BCUT2D eigenvalue weighted by molar-refractivity contribution is 5.86. The highest BCUT2D eigenvalue weighted by atomic mass is 16.1. The van der Waals surface area contributed by atoms with E-state index in [0.29, 0.717) is 17.9 Å². The van der Waals surface area contributed by atoms with Crippen LogP contribution in [0.5, 0.6) is 0 Å². The summed E-state index contributed by atoms with van der Waals surface area (Å²) in [5, 5.41) is 2.68. The minimum absolute atomic E-state index is 0.115. The second-order valence-corrected chi connectivity index (χ2v) is 6.26. The molecule has 1 aliphatic carbocycles. The normalized spacial score (nSPS) is 25.0. The summed E-state index contributed by atoms with van der Waals surface area (Å²) in [5.74, 6) is 1.04. The van der Waals surface area contributed by atoms with E-state index in [1.165, 1.54) is 44.8 Å². The monoisotopic (exact) mass is 288 g/mol. The summed E-state index contributed by atoms with van der Waals surface area (Å²) in [4.78, 5) is 22.6. The number of piperidine rings is 1. The fourth-order valence-electron chi connectivity index (χ4n) is 3.79. The van der Waals surface area contributed by atoms with Crippen molar-refractivity contribution < 1.29 is 4.79 Å². The Hall–Kier alpha value is -1.49. The second-order valence-electron chi connectivity index (χ2n) is 6.26. The fourth-order valence-corrected chi connectivity index (χ4v) is 3.79. The maximum atomic E-state index is 11.1. The number of amides is 1. The van der Waals surface area contributed by atoms with E-state index in [0.717, 1.165) is 18.5 Å². The molecule has 1 saturated heterocycles. The maximum absolute atomic E-state index is 11.1. The lowest BCUT2D eigenvalue weighted by Crippen LogP contribution is -2.49. The number of carbonyl (C=O) groups excluding carboxylic acids is 1. The lowest BCUT2D eigenvalue weighted by molar-refractivity contribution is -0.114. The smallest absolute Gasteiger partial charge is 0.229 e. The molecule has 5 nitrogen and oxygen atoms in total. The Morgan fingerprint density at radius 3 is 3.10 bits per heavy atom. The van der Waals surface area contributed by atoms with E-state index in [1.807, 2.05) is 6.20 Å². The Morgan fingerprint density at radius 1 is 1.48 bits per heavy atom. The van der Waals surface area contributed by atoms with Crippen molar-refractivity contribution in [2.24, 2.45) is 5.92 Å². The second kappa shape index (κ2) is 6.10. The van der Waals surface area contributed by atoms with Gasteiger partial charge in [0.1, 0.15) is 0 Å². The van der Waals surface area contributed by atoms with Crippen LogP contribution < -0.4 is 5.32 Å². The quantitative estimate of drug-likeness (QED) is 0.924. The molecule has 21 heavy (non-hydrogen) atoms. The van der Waals surface area contributed by atoms with Gasteiger partial charge in [-0.15, -0.1) is 0 Å². The average molecular weight is 288 g/mol. The number of nitrogens with zero attached hydrogens (tertiary/aromatic N) is 3. The first-order chi connectivity index (χ1) is 10.2. The van der Waals surface area contributed by atoms with Gasteiger partial charge < -0.3 is 0 Å². The van der Waals surface area contributed by atoms with E-state index in [2.05, 4.69) is 27.1 Å². The molecule has 2 heterocycles. The number of carbonyl (C=O) groups is 1. The Balaban J connectivity index is 1.81. The summed E-state index contributed by atoms with van der Waals surface area (Å²) in [7, 11) is 0. The zero-order valence-electron chi connectivity index (χ0n) is 12.9. The average Bonchev–Trinajstić information content (AvgIpc) is 2.45. The predicted molar refractivity (Wildman–Crippen MR) is 82.1 cm³/mol. The molecule has 1 N–H and O–H groups in total. The molecule has 1 aliphatic heterocycles. The SMILES string of the molecule is CCCN1CCCC2Cc3nc(NC(C)=O)ncc3CC21. The molecule has 1 aromatic heterocycles. The van der Waals surface area contributed by atoms with Crippen molar-refractivity contribution in [2.75, 3.05) is 18.4 Å². The molecule has 2 aliphatic rings. The van der Waals surface area contributed by atoms with Crippen LogP contribution in [0.4, 0.5) is 5.95 Å². The molecule has 0 radical (unpaired) electrons. The van der Waals surface area contributed by atoms with Crippen molar-refractivity contribution in [3.05, 3.63) is 17.5 Å². The van der Waals surface area contributed by atoms with E-state index in [-0.39, 0.29) is 5.91 Å². The molecule has 2 atom stereocenters. The van der Waals surface area contributed by atoms with Crippen LogP contribution in [-0.2, 0) is 17.6 Å². The third-order valence-corrected chi connectivity index (χ3v) is 4.67. The number of hydrogen-bond donors (Lipinski definition) is 1. The molecule has 3 rings (SSSR count). The minimum atomic E-state index is -0.115. The van der Waals surface area contributed by atoms with Gasteiger partial charge in [0.2, 0.25) is 11.9 Å². The van der Waals surface area contributed by atoms with Crippen LogP contribution in [0.3, 0.4) is 0 Å². The maximum Gasteiger partial charge on any atom is 0.229 e. The summed E-state index contributed by atoms with van der Waals surface area (Å²) in [6, 6.07) is 0.654. The van der Waals surface area contributed by atoms with Crippen LogP contribution in [0.1, 0.15) is 44.4 Å². The van der Waals surface area contributed by atoms with Gasteiger partial charge in [-0.25, -0.2) is 9.97 Å². The largest absolute Gasteiger partial charge is 0.300 e. The van der Waals surface area contributed by atoms with Crippen LogP contribution >= 0.6 is 0 Å². The third kappa shape index (κ3) is 3.07. The molecule has 5 heteroatoms. The molecule has 114 valence electrons. The summed E-state index contributed by atoms with van der Waals surface area (Å²) in [6.07, 6.45) is 7.79. The molecule has 0 bridgehead atoms. The molecule has 1 amide bonds. The van der Waals surface area contributed by atoms with Gasteiger partial charge >= 0.3 is 0 Å². The summed E-state index contributed by atoms with van der Waals surface area (Å²) in [5.41, 5.74) is 2.39. The lowest BCUT2D eigenvalue weighted by Gasteiger charge is -2.44. The van der Waals surface area contributed by atoms with Crippen molar-refractivity contribution in [3.8, 4) is 0 Å². The van der Waals surface area contributed by atoms with Gasteiger partial charge in [0.05, 0.1) is 0 Å². The van der Waals surface area contributed by atoms with Crippen LogP contribution in [0.2, 0.25) is 0 Å². The third-order valence-electron chi connectivity index (χ3n) is 4.67. The van der Waals surface area contributed by atoms with E-state index < -0.39 is 0 Å². The number of fused-ring (bicyclic) bond motifs is 2. The zero-order valence-corrected chi connectivity index (χ0v) is 12.9. The molecule has 2 unspecified atom stereocenters. The predicted octanol–water partition coefficient (Wildman–Crippen LogP) is 2.02. The number of nitrogens with one attached hydrogen (secondary N) is 1. The lowest BCUT2D eigenvalue weighted by atomic mass is 9.77. The van der Waals surface area contributed by atoms with Gasteiger partial charge in [0, 0.05) is 24.9 Å². The molecule has 0 saturated carbocycles. The van der Waals surface area contributed by atoms with Gasteiger partial charge in [0.25, 0.3) is 0 Å². The first-order valence-corrected chi connectivity index (χ1v) is 8.03. The Labute approximate surface area is 126 Å². The van der Waals surface area contributed by atoms with E-state index >= 15 is 0 Å². The first-order valence-electron chi connectivity index (χ1n) is 8.03. The minimum Gasteiger partial charge on any atom is -0.300 e. The molecule has 0 aromatic carbocycles. The Kier molecular flexibility index (Phi) is 4.19. The van der Waals surface area contributed by atoms with E-state index in [9.17, 15) is 4.79 Å². The van der Waals surface area contributed by atoms with Crippen LogP contribution in [0.15, 0.2) is 6.20 Å². The molecular weight excluding hydrogens is 264 g/mol. The number of anilines is 1. The van der Waals surface area contributed by atoms with Crippen molar-refractivity contribution in [1.29, 1.82) is 0 Å². The summed E-state index contributed by atoms with van der Waals surface area (Å²) >= 11 is 0. The number of rotatable bonds is 3. The summed E-state index contributed by atoms with van der Waals surface area (Å²) < 4.78 is 0. The highest BCUT2D eigenvalue weighted by Gasteiger charge is 2.35. The number of aromatic nitrogens is 2. The van der Waals surface area contributed by atoms with Crippen LogP contribution in [0, 0.1) is 5.92 Å². The topological polar surface area (TPSA) is 58.1 Å². The van der Waals surface area contributed by atoms with Crippen molar-refractivity contribution in [3.63, 3.8) is 0 Å². The molecular formula is C16H24N4O. The first kappa shape index (κ1) is 14.4. The molecule has 1 fully saturated rings. The van der Waals surface area contributed by atoms with Crippen molar-refractivity contribution >= 4 is 11.9 Å². The van der Waals surface area contributed by atoms with Gasteiger partial charge in [-0.3, -0.25) is 15.0 Å².